The molecule has 0 saturated heterocycles. The van der Waals surface area contributed by atoms with Crippen LogP contribution in [0.3, 0.4) is 0 Å². The summed E-state index contributed by atoms with van der Waals surface area (Å²) in [6.45, 7) is -0.232. The molecule has 0 spiro atoms. The Labute approximate surface area is 201 Å². The van der Waals surface area contributed by atoms with Crippen LogP contribution in [0.5, 0.6) is 5.75 Å². The van der Waals surface area contributed by atoms with E-state index in [4.69, 9.17) is 9.88 Å². The van der Waals surface area contributed by atoms with Crippen molar-refractivity contribution >= 4 is 26.0 Å². The van der Waals surface area contributed by atoms with Crippen molar-refractivity contribution in [2.45, 2.75) is 60.4 Å². The molecular formula is C22H25F3N2O6S2. The van der Waals surface area contributed by atoms with E-state index in [1.807, 2.05) is 4.72 Å². The maximum absolute atomic E-state index is 12.8. The van der Waals surface area contributed by atoms with E-state index in [0.717, 1.165) is 43.4 Å². The van der Waals surface area contributed by atoms with Crippen LogP contribution in [0.15, 0.2) is 52.3 Å². The molecule has 1 saturated carbocycles. The normalized spacial score (nSPS) is 15.2. The second kappa shape index (κ2) is 10.5. The number of halogens is 3. The van der Waals surface area contributed by atoms with Gasteiger partial charge >= 0.3 is 6.18 Å². The highest BCUT2D eigenvalue weighted by Crippen LogP contribution is 2.39. The highest BCUT2D eigenvalue weighted by molar-refractivity contribution is 7.92. The van der Waals surface area contributed by atoms with Gasteiger partial charge in [-0.15, -0.1) is 0 Å². The van der Waals surface area contributed by atoms with Crippen LogP contribution in [0.2, 0.25) is 0 Å². The van der Waals surface area contributed by atoms with Crippen LogP contribution in [0.25, 0.3) is 0 Å². The molecule has 1 aliphatic carbocycles. The number of nitrogens with two attached hydrogens (primary N) is 1. The summed E-state index contributed by atoms with van der Waals surface area (Å²) in [5.74, 6) is -0.725. The Kier molecular flexibility index (Phi) is 8.12. The van der Waals surface area contributed by atoms with Crippen molar-refractivity contribution < 1.29 is 39.5 Å². The smallest absolute Gasteiger partial charge is 0.389 e. The third-order valence-electron chi connectivity index (χ3n) is 5.61. The molecular weight excluding hydrogens is 509 g/mol. The molecule has 0 radical (unpaired) electrons. The van der Waals surface area contributed by atoms with E-state index in [-0.39, 0.29) is 30.3 Å². The minimum atomic E-state index is -4.62. The predicted molar refractivity (Wildman–Crippen MR) is 121 cm³/mol. The number of sulfonamides is 2. The summed E-state index contributed by atoms with van der Waals surface area (Å²) >= 11 is 0. The zero-order valence-electron chi connectivity index (χ0n) is 18.5. The van der Waals surface area contributed by atoms with Gasteiger partial charge in [-0.05, 0) is 55.0 Å². The van der Waals surface area contributed by atoms with Crippen LogP contribution in [0.1, 0.15) is 60.4 Å². The van der Waals surface area contributed by atoms with Gasteiger partial charge in [-0.1, -0.05) is 31.0 Å². The number of amides is 1. The molecule has 0 aromatic heterocycles. The van der Waals surface area contributed by atoms with E-state index in [9.17, 15) is 34.8 Å². The third kappa shape index (κ3) is 7.18. The van der Waals surface area contributed by atoms with Crippen molar-refractivity contribution in [3.8, 4) is 5.75 Å². The fourth-order valence-corrected chi connectivity index (χ4v) is 6.33. The maximum Gasteiger partial charge on any atom is 0.389 e. The average Bonchev–Trinajstić information content (AvgIpc) is 3.30. The fraction of sp³-hybridized carbons (Fsp3) is 0.409. The quantitative estimate of drug-likeness (QED) is 0.470. The van der Waals surface area contributed by atoms with Gasteiger partial charge < -0.3 is 4.74 Å². The molecule has 1 amide bonds. The molecule has 3 N–H and O–H groups in total. The van der Waals surface area contributed by atoms with Gasteiger partial charge in [0.15, 0.2) is 0 Å². The largest absolute Gasteiger partial charge is 0.493 e. The summed E-state index contributed by atoms with van der Waals surface area (Å²) in [5.41, 5.74) is 0.628. The summed E-state index contributed by atoms with van der Waals surface area (Å²) in [6, 6.07) is 8.84. The molecule has 192 valence electrons. The van der Waals surface area contributed by atoms with Crippen molar-refractivity contribution in [3.63, 3.8) is 0 Å². The van der Waals surface area contributed by atoms with Crippen LogP contribution in [-0.2, 0) is 20.0 Å². The van der Waals surface area contributed by atoms with Gasteiger partial charge in [0.05, 0.1) is 6.61 Å². The molecule has 0 unspecified atom stereocenters. The first-order chi connectivity index (χ1) is 16.3. The number of primary sulfonamides is 1. The number of alkyl halides is 3. The Morgan fingerprint density at radius 2 is 1.66 bits per heavy atom. The number of ether oxygens (including phenoxy) is 1. The van der Waals surface area contributed by atoms with Crippen LogP contribution < -0.4 is 14.6 Å². The van der Waals surface area contributed by atoms with Gasteiger partial charge in [-0.2, -0.15) is 13.2 Å². The van der Waals surface area contributed by atoms with E-state index in [0.29, 0.717) is 0 Å². The van der Waals surface area contributed by atoms with E-state index in [1.165, 1.54) is 24.3 Å². The molecule has 35 heavy (non-hydrogen) atoms. The number of hydrogen-bond donors (Lipinski definition) is 2. The summed E-state index contributed by atoms with van der Waals surface area (Å²) in [4.78, 5) is 11.4. The number of carbonyl (C=O) groups is 1. The molecule has 2 aromatic carbocycles. The summed E-state index contributed by atoms with van der Waals surface area (Å²) < 4.78 is 93.8. The lowest BCUT2D eigenvalue weighted by Crippen LogP contribution is -2.32. The lowest BCUT2D eigenvalue weighted by atomic mass is 9.95. The SMILES string of the molecule is NS(=O)(=O)c1ccccc1S(=O)(=O)NC(=O)c1ccc(C2CCCC2)c(OCCCC(F)(F)F)c1. The summed E-state index contributed by atoms with van der Waals surface area (Å²) in [5, 5.41) is 5.09. The van der Waals surface area contributed by atoms with Crippen molar-refractivity contribution in [3.05, 3.63) is 53.6 Å². The van der Waals surface area contributed by atoms with Crippen molar-refractivity contribution in [2.24, 2.45) is 5.14 Å². The van der Waals surface area contributed by atoms with Gasteiger partial charge in [0.25, 0.3) is 15.9 Å². The lowest BCUT2D eigenvalue weighted by molar-refractivity contribution is -0.136. The van der Waals surface area contributed by atoms with Gasteiger partial charge in [0.2, 0.25) is 10.0 Å². The molecule has 0 bridgehead atoms. The Morgan fingerprint density at radius 3 is 2.26 bits per heavy atom. The summed E-state index contributed by atoms with van der Waals surface area (Å²) in [7, 11) is -9.01. The van der Waals surface area contributed by atoms with Gasteiger partial charge in [-0.3, -0.25) is 4.79 Å². The van der Waals surface area contributed by atoms with Gasteiger partial charge in [-0.25, -0.2) is 26.7 Å². The van der Waals surface area contributed by atoms with E-state index < -0.39 is 48.3 Å². The first-order valence-electron chi connectivity index (χ1n) is 10.8. The van der Waals surface area contributed by atoms with Crippen molar-refractivity contribution in [1.29, 1.82) is 0 Å². The molecule has 0 heterocycles. The lowest BCUT2D eigenvalue weighted by Gasteiger charge is -2.18. The predicted octanol–water partition coefficient (Wildman–Crippen LogP) is 3.83. The van der Waals surface area contributed by atoms with Gasteiger partial charge in [0, 0.05) is 12.0 Å². The highest BCUT2D eigenvalue weighted by atomic mass is 32.2. The highest BCUT2D eigenvalue weighted by Gasteiger charge is 2.28. The average molecular weight is 535 g/mol. The fourth-order valence-electron chi connectivity index (χ4n) is 3.97. The molecule has 8 nitrogen and oxygen atoms in total. The van der Waals surface area contributed by atoms with Crippen molar-refractivity contribution in [2.75, 3.05) is 6.61 Å². The second-order valence-electron chi connectivity index (χ2n) is 8.23. The van der Waals surface area contributed by atoms with Crippen molar-refractivity contribution in [1.82, 2.24) is 4.72 Å². The molecule has 1 fully saturated rings. The summed E-state index contributed by atoms with van der Waals surface area (Å²) in [6.07, 6.45) is -1.91. The van der Waals surface area contributed by atoms with Gasteiger partial charge in [0.1, 0.15) is 15.5 Å². The number of hydrogen-bond acceptors (Lipinski definition) is 6. The maximum atomic E-state index is 12.8. The number of benzene rings is 2. The zero-order chi connectivity index (χ0) is 25.9. The Balaban J connectivity index is 1.85. The topological polar surface area (TPSA) is 133 Å². The minimum Gasteiger partial charge on any atom is -0.493 e. The molecule has 1 aliphatic rings. The van der Waals surface area contributed by atoms with E-state index in [1.54, 1.807) is 6.07 Å². The monoisotopic (exact) mass is 534 g/mol. The van der Waals surface area contributed by atoms with E-state index in [2.05, 4.69) is 0 Å². The Bertz CT molecular complexity index is 1290. The first-order valence-corrected chi connectivity index (χ1v) is 13.8. The molecule has 13 heteroatoms. The molecule has 3 rings (SSSR count). The Morgan fingerprint density at radius 1 is 1.03 bits per heavy atom. The minimum absolute atomic E-state index is 0.116. The second-order valence-corrected chi connectivity index (χ2v) is 11.4. The van der Waals surface area contributed by atoms with Crippen LogP contribution in [-0.4, -0.2) is 35.5 Å². The van der Waals surface area contributed by atoms with Crippen LogP contribution in [0.4, 0.5) is 13.2 Å². The van der Waals surface area contributed by atoms with Crippen LogP contribution in [0, 0.1) is 0 Å². The first kappa shape index (κ1) is 27.0. The molecule has 2 aromatic rings. The van der Waals surface area contributed by atoms with Crippen LogP contribution >= 0.6 is 0 Å². The number of nitrogens with one attached hydrogen (secondary N) is 1. The number of carbonyl (C=O) groups excluding carboxylic acids is 1. The Hall–Kier alpha value is -2.64. The standard InChI is InChI=1S/C22H25F3N2O6S2/c23-22(24,25)12-5-13-33-18-14-16(10-11-17(18)15-6-1-2-7-15)21(28)27-35(31,32)20-9-4-3-8-19(20)34(26,29)30/h3-4,8-11,14-15H,1-2,5-7,12-13H2,(H,27,28)(H2,26,29,30). The number of rotatable bonds is 9. The zero-order valence-corrected chi connectivity index (χ0v) is 20.2. The van der Waals surface area contributed by atoms with E-state index >= 15 is 0 Å². The molecule has 0 atom stereocenters. The molecule has 0 aliphatic heterocycles. The third-order valence-corrected chi connectivity index (χ3v) is 8.09.